The molecule has 1 fully saturated rings. The minimum Gasteiger partial charge on any atom is -0.342 e. The highest BCUT2D eigenvalue weighted by atomic mass is 79.9. The zero-order valence-corrected chi connectivity index (χ0v) is 15.4. The zero-order valence-electron chi connectivity index (χ0n) is 12.2. The summed E-state index contributed by atoms with van der Waals surface area (Å²) in [5.41, 5.74) is 0.717. The van der Waals surface area contributed by atoms with Gasteiger partial charge in [0, 0.05) is 8.95 Å². The van der Waals surface area contributed by atoms with Crippen LogP contribution in [-0.4, -0.2) is 23.9 Å². The van der Waals surface area contributed by atoms with Crippen LogP contribution in [0.25, 0.3) is 0 Å². The van der Waals surface area contributed by atoms with Crippen molar-refractivity contribution in [2.24, 2.45) is 5.92 Å². The molecule has 2 unspecified atom stereocenters. The molecule has 1 aromatic rings. The van der Waals surface area contributed by atoms with E-state index in [1.807, 2.05) is 39.0 Å². The SMILES string of the molecule is CCC1C(=O)NC(C(C)C)C(=O)N1c1c(Br)cccc1Br. The molecule has 114 valence electrons. The van der Waals surface area contributed by atoms with Gasteiger partial charge >= 0.3 is 0 Å². The molecule has 1 aliphatic rings. The third-order valence-electron chi connectivity index (χ3n) is 3.65. The Balaban J connectivity index is 2.55. The standard InChI is InChI=1S/C15H18Br2N2O2/c1-4-11-14(20)18-12(8(2)3)15(21)19(11)13-9(16)6-5-7-10(13)17/h5-8,11-12H,4H2,1-3H3,(H,18,20). The third kappa shape index (κ3) is 3.01. The number of hydrogen-bond donors (Lipinski definition) is 1. The number of para-hydroxylation sites is 1. The predicted molar refractivity (Wildman–Crippen MR) is 90.2 cm³/mol. The van der Waals surface area contributed by atoms with Crippen LogP contribution in [0.1, 0.15) is 27.2 Å². The van der Waals surface area contributed by atoms with E-state index in [-0.39, 0.29) is 17.7 Å². The molecule has 2 rings (SSSR count). The maximum Gasteiger partial charge on any atom is 0.250 e. The molecule has 0 saturated carbocycles. The topological polar surface area (TPSA) is 49.4 Å². The lowest BCUT2D eigenvalue weighted by Gasteiger charge is -2.40. The van der Waals surface area contributed by atoms with Gasteiger partial charge in [0.2, 0.25) is 5.91 Å². The summed E-state index contributed by atoms with van der Waals surface area (Å²) in [5.74, 6) is -0.120. The molecule has 2 atom stereocenters. The first-order chi connectivity index (χ1) is 9.88. The van der Waals surface area contributed by atoms with E-state index < -0.39 is 12.1 Å². The summed E-state index contributed by atoms with van der Waals surface area (Å²) in [6.07, 6.45) is 0.566. The average molecular weight is 418 g/mol. The van der Waals surface area contributed by atoms with Crippen molar-refractivity contribution in [3.05, 3.63) is 27.1 Å². The zero-order chi connectivity index (χ0) is 15.7. The van der Waals surface area contributed by atoms with Gasteiger partial charge in [0.1, 0.15) is 12.1 Å². The molecule has 0 bridgehead atoms. The van der Waals surface area contributed by atoms with Crippen LogP contribution in [0.4, 0.5) is 5.69 Å². The molecular weight excluding hydrogens is 400 g/mol. The van der Waals surface area contributed by atoms with E-state index >= 15 is 0 Å². The fourth-order valence-corrected chi connectivity index (χ4v) is 3.92. The van der Waals surface area contributed by atoms with Gasteiger partial charge < -0.3 is 5.32 Å². The molecule has 0 radical (unpaired) electrons. The molecule has 6 heteroatoms. The highest BCUT2D eigenvalue weighted by Gasteiger charge is 2.42. The Bertz CT molecular complexity index is 555. The summed E-state index contributed by atoms with van der Waals surface area (Å²) in [7, 11) is 0. The maximum atomic E-state index is 12.9. The van der Waals surface area contributed by atoms with Crippen LogP contribution in [0.2, 0.25) is 0 Å². The van der Waals surface area contributed by atoms with Crippen molar-refractivity contribution in [3.8, 4) is 0 Å². The van der Waals surface area contributed by atoms with Gasteiger partial charge in [-0.3, -0.25) is 14.5 Å². The van der Waals surface area contributed by atoms with Crippen molar-refractivity contribution in [2.45, 2.75) is 39.3 Å². The number of nitrogens with zero attached hydrogens (tertiary/aromatic N) is 1. The fourth-order valence-electron chi connectivity index (χ4n) is 2.54. The van der Waals surface area contributed by atoms with Gasteiger partial charge in [-0.15, -0.1) is 0 Å². The molecule has 1 heterocycles. The molecule has 21 heavy (non-hydrogen) atoms. The van der Waals surface area contributed by atoms with E-state index in [0.29, 0.717) is 6.42 Å². The predicted octanol–water partition coefficient (Wildman–Crippen LogP) is 3.48. The quantitative estimate of drug-likeness (QED) is 0.818. The average Bonchev–Trinajstić information content (AvgIpc) is 2.41. The smallest absolute Gasteiger partial charge is 0.250 e. The molecule has 0 spiro atoms. The second-order valence-corrected chi connectivity index (χ2v) is 7.14. The number of carbonyl (C=O) groups excluding carboxylic acids is 2. The number of carbonyl (C=O) groups is 2. The summed E-state index contributed by atoms with van der Waals surface area (Å²) in [5, 5.41) is 2.84. The Morgan fingerprint density at radius 1 is 1.24 bits per heavy atom. The van der Waals surface area contributed by atoms with E-state index in [1.54, 1.807) is 4.90 Å². The summed E-state index contributed by atoms with van der Waals surface area (Å²) in [4.78, 5) is 26.8. The monoisotopic (exact) mass is 416 g/mol. The summed E-state index contributed by atoms with van der Waals surface area (Å²) in [6.45, 7) is 5.77. The number of halogens is 2. The Labute approximate surface area is 141 Å². The van der Waals surface area contributed by atoms with Crippen molar-refractivity contribution in [1.82, 2.24) is 5.32 Å². The van der Waals surface area contributed by atoms with Crippen LogP contribution in [0, 0.1) is 5.92 Å². The summed E-state index contributed by atoms with van der Waals surface area (Å²) < 4.78 is 1.58. The molecule has 1 N–H and O–H groups in total. The van der Waals surface area contributed by atoms with Gasteiger partial charge in [0.05, 0.1) is 5.69 Å². The molecule has 1 aromatic carbocycles. The highest BCUT2D eigenvalue weighted by molar-refractivity contribution is 9.11. The number of rotatable bonds is 3. The van der Waals surface area contributed by atoms with Crippen LogP contribution in [0.3, 0.4) is 0 Å². The lowest BCUT2D eigenvalue weighted by atomic mass is 9.96. The first kappa shape index (κ1) is 16.5. The van der Waals surface area contributed by atoms with E-state index in [1.165, 1.54) is 0 Å². The Morgan fingerprint density at radius 2 is 1.81 bits per heavy atom. The highest BCUT2D eigenvalue weighted by Crippen LogP contribution is 2.37. The number of amides is 2. The lowest BCUT2D eigenvalue weighted by molar-refractivity contribution is -0.134. The van der Waals surface area contributed by atoms with Crippen molar-refractivity contribution >= 4 is 49.4 Å². The summed E-state index contributed by atoms with van der Waals surface area (Å²) >= 11 is 6.98. The molecule has 1 aliphatic heterocycles. The number of piperazine rings is 1. The van der Waals surface area contributed by atoms with Gasteiger partial charge in [-0.25, -0.2) is 0 Å². The number of benzene rings is 1. The van der Waals surface area contributed by atoms with Crippen molar-refractivity contribution in [3.63, 3.8) is 0 Å². The normalized spacial score (nSPS) is 22.7. The largest absolute Gasteiger partial charge is 0.342 e. The Hall–Kier alpha value is -0.880. The molecule has 2 amide bonds. The molecule has 0 aromatic heterocycles. The minimum absolute atomic E-state index is 0.0445. The van der Waals surface area contributed by atoms with Gasteiger partial charge in [-0.05, 0) is 56.3 Å². The van der Waals surface area contributed by atoms with Crippen LogP contribution >= 0.6 is 31.9 Å². The summed E-state index contributed by atoms with van der Waals surface area (Å²) in [6, 6.07) is 4.66. The first-order valence-corrected chi connectivity index (χ1v) is 8.54. The van der Waals surface area contributed by atoms with Crippen LogP contribution < -0.4 is 10.2 Å². The Kier molecular flexibility index (Phi) is 5.09. The molecular formula is C15H18Br2N2O2. The number of anilines is 1. The van der Waals surface area contributed by atoms with E-state index in [9.17, 15) is 9.59 Å². The number of nitrogens with one attached hydrogen (secondary N) is 1. The molecule has 1 saturated heterocycles. The lowest BCUT2D eigenvalue weighted by Crippen LogP contribution is -2.65. The minimum atomic E-state index is -0.487. The second-order valence-electron chi connectivity index (χ2n) is 5.43. The fraction of sp³-hybridized carbons (Fsp3) is 0.467. The third-order valence-corrected chi connectivity index (χ3v) is 4.93. The van der Waals surface area contributed by atoms with E-state index in [0.717, 1.165) is 14.6 Å². The van der Waals surface area contributed by atoms with Crippen molar-refractivity contribution in [2.75, 3.05) is 4.90 Å². The maximum absolute atomic E-state index is 12.9. The van der Waals surface area contributed by atoms with Gasteiger partial charge in [0.25, 0.3) is 5.91 Å². The second kappa shape index (κ2) is 6.48. The molecule has 4 nitrogen and oxygen atoms in total. The van der Waals surface area contributed by atoms with Crippen LogP contribution in [-0.2, 0) is 9.59 Å². The van der Waals surface area contributed by atoms with E-state index in [4.69, 9.17) is 0 Å². The van der Waals surface area contributed by atoms with Crippen LogP contribution in [0.15, 0.2) is 27.1 Å². The van der Waals surface area contributed by atoms with Crippen LogP contribution in [0.5, 0.6) is 0 Å². The molecule has 0 aliphatic carbocycles. The van der Waals surface area contributed by atoms with Crippen molar-refractivity contribution in [1.29, 1.82) is 0 Å². The van der Waals surface area contributed by atoms with Crippen molar-refractivity contribution < 1.29 is 9.59 Å². The Morgan fingerprint density at radius 3 is 2.29 bits per heavy atom. The van der Waals surface area contributed by atoms with Gasteiger partial charge in [-0.2, -0.15) is 0 Å². The van der Waals surface area contributed by atoms with E-state index in [2.05, 4.69) is 37.2 Å². The first-order valence-electron chi connectivity index (χ1n) is 6.96. The van der Waals surface area contributed by atoms with Gasteiger partial charge in [-0.1, -0.05) is 26.8 Å². The number of hydrogen-bond acceptors (Lipinski definition) is 2. The van der Waals surface area contributed by atoms with Gasteiger partial charge in [0.15, 0.2) is 0 Å².